The summed E-state index contributed by atoms with van der Waals surface area (Å²) in [6.07, 6.45) is -0.0237. The van der Waals surface area contributed by atoms with Crippen molar-refractivity contribution in [1.29, 1.82) is 0 Å². The number of aromatic hydroxyl groups is 1. The van der Waals surface area contributed by atoms with Crippen molar-refractivity contribution in [3.63, 3.8) is 0 Å². The first kappa shape index (κ1) is 19.0. The Bertz CT molecular complexity index is 649. The van der Waals surface area contributed by atoms with Gasteiger partial charge in [0.15, 0.2) is 24.1 Å². The van der Waals surface area contributed by atoms with E-state index < -0.39 is 11.8 Å². The van der Waals surface area contributed by atoms with Crippen molar-refractivity contribution in [1.82, 2.24) is 4.90 Å². The summed E-state index contributed by atoms with van der Waals surface area (Å²) < 4.78 is 29.5. The molecular weight excluding hydrogens is 333 g/mol. The maximum Gasteiger partial charge on any atom is 0.306 e. The van der Waals surface area contributed by atoms with Crippen molar-refractivity contribution in [2.45, 2.75) is 39.8 Å². The molecule has 0 spiro atoms. The standard InChI is InChI=1S/C17H22FNO6/c1-3-23-10-25-17-13(20)7-11-8-19(9-12(11)16(17)18)14(21)5-6-15(22)24-4-2/h7,20H,3-6,8-10H2,1-2H3. The number of rotatable bonds is 8. The molecule has 1 aliphatic rings. The number of amides is 1. The van der Waals surface area contributed by atoms with Gasteiger partial charge in [0.2, 0.25) is 5.91 Å². The van der Waals surface area contributed by atoms with Crippen LogP contribution in [0.2, 0.25) is 0 Å². The number of carbonyl (C=O) groups is 2. The number of esters is 1. The van der Waals surface area contributed by atoms with Crippen molar-refractivity contribution in [3.8, 4) is 11.5 Å². The fraction of sp³-hybridized carbons (Fsp3) is 0.529. The first-order valence-electron chi connectivity index (χ1n) is 8.15. The zero-order valence-electron chi connectivity index (χ0n) is 14.3. The minimum Gasteiger partial charge on any atom is -0.504 e. The van der Waals surface area contributed by atoms with E-state index in [4.69, 9.17) is 14.2 Å². The van der Waals surface area contributed by atoms with Crippen LogP contribution in [0, 0.1) is 5.82 Å². The highest BCUT2D eigenvalue weighted by atomic mass is 19.1. The molecule has 138 valence electrons. The molecule has 8 heteroatoms. The summed E-state index contributed by atoms with van der Waals surface area (Å²) >= 11 is 0. The monoisotopic (exact) mass is 355 g/mol. The average Bonchev–Trinajstić information content (AvgIpc) is 3.00. The van der Waals surface area contributed by atoms with Gasteiger partial charge in [0.1, 0.15) is 0 Å². The smallest absolute Gasteiger partial charge is 0.306 e. The zero-order valence-corrected chi connectivity index (χ0v) is 14.3. The SMILES string of the molecule is CCOCOc1c(O)cc2c(c1F)CN(C(=O)CCC(=O)OCC)C2. The average molecular weight is 355 g/mol. The molecule has 2 rings (SSSR count). The second kappa shape index (κ2) is 8.66. The van der Waals surface area contributed by atoms with Gasteiger partial charge in [0, 0.05) is 31.7 Å². The van der Waals surface area contributed by atoms with E-state index in [0.717, 1.165) is 0 Å². The molecule has 0 fully saturated rings. The maximum absolute atomic E-state index is 14.6. The van der Waals surface area contributed by atoms with E-state index in [1.54, 1.807) is 13.8 Å². The van der Waals surface area contributed by atoms with Crippen molar-refractivity contribution in [3.05, 3.63) is 23.0 Å². The molecule has 0 saturated carbocycles. The summed E-state index contributed by atoms with van der Waals surface area (Å²) in [5, 5.41) is 9.93. The molecule has 1 aliphatic heterocycles. The van der Waals surface area contributed by atoms with Crippen LogP contribution in [-0.4, -0.2) is 41.9 Å². The second-order valence-corrected chi connectivity index (χ2v) is 5.49. The van der Waals surface area contributed by atoms with Crippen LogP contribution in [0.25, 0.3) is 0 Å². The van der Waals surface area contributed by atoms with Crippen molar-refractivity contribution >= 4 is 11.9 Å². The van der Waals surface area contributed by atoms with E-state index in [9.17, 15) is 19.1 Å². The van der Waals surface area contributed by atoms with Crippen molar-refractivity contribution in [2.24, 2.45) is 0 Å². The fourth-order valence-electron chi connectivity index (χ4n) is 2.57. The summed E-state index contributed by atoms with van der Waals surface area (Å²) in [6, 6.07) is 1.39. The minimum atomic E-state index is -0.699. The lowest BCUT2D eigenvalue weighted by atomic mass is 10.1. The van der Waals surface area contributed by atoms with Gasteiger partial charge in [-0.25, -0.2) is 4.39 Å². The Balaban J connectivity index is 2.03. The first-order valence-corrected chi connectivity index (χ1v) is 8.15. The van der Waals surface area contributed by atoms with Crippen LogP contribution in [0.4, 0.5) is 4.39 Å². The number of fused-ring (bicyclic) bond motifs is 1. The molecule has 0 saturated heterocycles. The highest BCUT2D eigenvalue weighted by molar-refractivity contribution is 5.82. The molecule has 1 N–H and O–H groups in total. The van der Waals surface area contributed by atoms with Crippen LogP contribution in [0.1, 0.15) is 37.8 Å². The largest absolute Gasteiger partial charge is 0.504 e. The van der Waals surface area contributed by atoms with E-state index in [1.165, 1.54) is 11.0 Å². The zero-order chi connectivity index (χ0) is 18.4. The van der Waals surface area contributed by atoms with Crippen LogP contribution in [0.5, 0.6) is 11.5 Å². The predicted octanol–water partition coefficient (Wildman–Crippen LogP) is 2.09. The quantitative estimate of drug-likeness (QED) is 0.437. The molecule has 0 bridgehead atoms. The van der Waals surface area contributed by atoms with Crippen molar-refractivity contribution in [2.75, 3.05) is 20.0 Å². The van der Waals surface area contributed by atoms with E-state index in [0.29, 0.717) is 17.7 Å². The Morgan fingerprint density at radius 2 is 2.00 bits per heavy atom. The number of benzene rings is 1. The lowest BCUT2D eigenvalue weighted by Gasteiger charge is -2.15. The van der Waals surface area contributed by atoms with E-state index in [-0.39, 0.29) is 56.7 Å². The van der Waals surface area contributed by atoms with Crippen LogP contribution in [0.15, 0.2) is 6.07 Å². The summed E-state index contributed by atoms with van der Waals surface area (Å²) in [5.74, 6) is -2.04. The molecule has 1 aromatic rings. The van der Waals surface area contributed by atoms with Crippen molar-refractivity contribution < 1.29 is 33.3 Å². The fourth-order valence-corrected chi connectivity index (χ4v) is 2.57. The van der Waals surface area contributed by atoms with Crippen LogP contribution in [0.3, 0.4) is 0 Å². The number of nitrogens with zero attached hydrogens (tertiary/aromatic N) is 1. The maximum atomic E-state index is 14.6. The second-order valence-electron chi connectivity index (χ2n) is 5.49. The lowest BCUT2D eigenvalue weighted by Crippen LogP contribution is -2.26. The van der Waals surface area contributed by atoms with Gasteiger partial charge in [-0.3, -0.25) is 9.59 Å². The number of phenols is 1. The summed E-state index contributed by atoms with van der Waals surface area (Å²) in [6.45, 7) is 4.18. The molecule has 0 aromatic heterocycles. The number of hydrogen-bond acceptors (Lipinski definition) is 6. The normalized spacial score (nSPS) is 12.8. The van der Waals surface area contributed by atoms with E-state index >= 15 is 0 Å². The van der Waals surface area contributed by atoms with Gasteiger partial charge in [-0.05, 0) is 25.5 Å². The van der Waals surface area contributed by atoms with E-state index in [1.807, 2.05) is 0 Å². The molecule has 25 heavy (non-hydrogen) atoms. The minimum absolute atomic E-state index is 0.00583. The topological polar surface area (TPSA) is 85.3 Å². The summed E-state index contributed by atoms with van der Waals surface area (Å²) in [5.41, 5.74) is 0.817. The Hall–Kier alpha value is -2.35. The van der Waals surface area contributed by atoms with Gasteiger partial charge >= 0.3 is 5.97 Å². The number of carbonyl (C=O) groups excluding carboxylic acids is 2. The Morgan fingerprint density at radius 3 is 2.68 bits per heavy atom. The molecule has 0 atom stereocenters. The van der Waals surface area contributed by atoms with Gasteiger partial charge in [-0.15, -0.1) is 0 Å². The third-order valence-electron chi connectivity index (χ3n) is 3.80. The van der Waals surface area contributed by atoms with Crippen LogP contribution in [-0.2, 0) is 32.2 Å². The molecule has 0 unspecified atom stereocenters. The van der Waals surface area contributed by atoms with Gasteiger partial charge in [-0.2, -0.15) is 0 Å². The Labute approximate surface area is 145 Å². The molecule has 1 aromatic carbocycles. The Kier molecular flexibility index (Phi) is 6.58. The van der Waals surface area contributed by atoms with Crippen LogP contribution < -0.4 is 4.74 Å². The molecular formula is C17H22FNO6. The summed E-state index contributed by atoms with van der Waals surface area (Å²) in [4.78, 5) is 25.0. The highest BCUT2D eigenvalue weighted by Gasteiger charge is 2.29. The summed E-state index contributed by atoms with van der Waals surface area (Å²) in [7, 11) is 0. The third-order valence-corrected chi connectivity index (χ3v) is 3.80. The number of halogens is 1. The number of phenolic OH excluding ortho intramolecular Hbond substituents is 1. The third kappa shape index (κ3) is 4.60. The lowest BCUT2D eigenvalue weighted by molar-refractivity contribution is -0.145. The first-order chi connectivity index (χ1) is 12.0. The predicted molar refractivity (Wildman–Crippen MR) is 85.3 cm³/mol. The number of hydrogen-bond donors (Lipinski definition) is 1. The molecule has 7 nitrogen and oxygen atoms in total. The Morgan fingerprint density at radius 1 is 1.24 bits per heavy atom. The molecule has 0 aliphatic carbocycles. The van der Waals surface area contributed by atoms with Gasteiger partial charge in [-0.1, -0.05) is 0 Å². The highest BCUT2D eigenvalue weighted by Crippen LogP contribution is 2.38. The molecule has 0 radical (unpaired) electrons. The van der Waals surface area contributed by atoms with Gasteiger partial charge in [0.25, 0.3) is 0 Å². The molecule has 1 amide bonds. The number of ether oxygens (including phenoxy) is 3. The van der Waals surface area contributed by atoms with E-state index in [2.05, 4.69) is 0 Å². The molecule has 1 heterocycles. The van der Waals surface area contributed by atoms with Gasteiger partial charge in [0.05, 0.1) is 13.0 Å². The van der Waals surface area contributed by atoms with Gasteiger partial charge < -0.3 is 24.2 Å². The van der Waals surface area contributed by atoms with Crippen LogP contribution >= 0.6 is 0 Å².